The zero-order valence-corrected chi connectivity index (χ0v) is 12.6. The molecule has 1 rings (SSSR count). The summed E-state index contributed by atoms with van der Waals surface area (Å²) in [6.45, 7) is 3.78. The number of likely N-dealkylation sites (N-methyl/N-ethyl adjacent to an activating group) is 1. The lowest BCUT2D eigenvalue weighted by Crippen LogP contribution is -2.27. The third-order valence-corrected chi connectivity index (χ3v) is 4.20. The molecule has 0 amide bonds. The first kappa shape index (κ1) is 14.7. The summed E-state index contributed by atoms with van der Waals surface area (Å²) in [5.74, 6) is -0.513. The van der Waals surface area contributed by atoms with E-state index in [1.807, 2.05) is 14.0 Å². The topological polar surface area (TPSA) is 40.5 Å². The Balaban J connectivity index is 2.25. The first-order valence-corrected chi connectivity index (χ1v) is 7.23. The number of aliphatic carboxylic acids is 1. The van der Waals surface area contributed by atoms with E-state index in [0.29, 0.717) is 0 Å². The normalized spacial score (nSPS) is 12.9. The van der Waals surface area contributed by atoms with Gasteiger partial charge in [0.15, 0.2) is 0 Å². The Bertz CT molecular complexity index is 367. The second-order valence-electron chi connectivity index (χ2n) is 4.42. The first-order valence-electron chi connectivity index (χ1n) is 5.62. The Morgan fingerprint density at radius 2 is 2.29 bits per heavy atom. The van der Waals surface area contributed by atoms with Gasteiger partial charge in [0.05, 0.1) is 3.79 Å². The van der Waals surface area contributed by atoms with Crippen LogP contribution in [0.2, 0.25) is 0 Å². The van der Waals surface area contributed by atoms with Gasteiger partial charge in [-0.1, -0.05) is 6.92 Å². The number of carbonyl (C=O) groups is 1. The smallest absolute Gasteiger partial charge is 0.303 e. The highest BCUT2D eigenvalue weighted by molar-refractivity contribution is 9.11. The van der Waals surface area contributed by atoms with Gasteiger partial charge in [-0.15, -0.1) is 11.3 Å². The highest BCUT2D eigenvalue weighted by Crippen LogP contribution is 2.22. The number of hydrogen-bond donors (Lipinski definition) is 1. The highest BCUT2D eigenvalue weighted by Gasteiger charge is 2.10. The SMILES string of the molecule is CC(CC(=O)O)CN(C)CCc1ccc(Br)s1. The van der Waals surface area contributed by atoms with Crippen LogP contribution in [0.15, 0.2) is 15.9 Å². The van der Waals surface area contributed by atoms with Crippen molar-refractivity contribution in [2.24, 2.45) is 5.92 Å². The van der Waals surface area contributed by atoms with E-state index in [-0.39, 0.29) is 12.3 Å². The van der Waals surface area contributed by atoms with Crippen LogP contribution in [0.25, 0.3) is 0 Å². The molecule has 3 nitrogen and oxygen atoms in total. The molecule has 0 aromatic carbocycles. The Hall–Kier alpha value is -0.390. The van der Waals surface area contributed by atoms with Crippen molar-refractivity contribution >= 4 is 33.2 Å². The van der Waals surface area contributed by atoms with Crippen LogP contribution in [0.5, 0.6) is 0 Å². The van der Waals surface area contributed by atoms with E-state index in [9.17, 15) is 4.79 Å². The number of thiophene rings is 1. The minimum absolute atomic E-state index is 0.201. The van der Waals surface area contributed by atoms with E-state index in [1.54, 1.807) is 11.3 Å². The average molecular weight is 320 g/mol. The standard InChI is InChI=1S/C12H18BrNO2S/c1-9(7-12(15)16)8-14(2)6-5-10-3-4-11(13)17-10/h3-4,9H,5-8H2,1-2H3,(H,15,16). The van der Waals surface area contributed by atoms with Gasteiger partial charge < -0.3 is 10.0 Å². The number of carboxylic acids is 1. The van der Waals surface area contributed by atoms with Gasteiger partial charge >= 0.3 is 5.97 Å². The fourth-order valence-corrected chi connectivity index (χ4v) is 3.25. The molecule has 0 aliphatic heterocycles. The number of nitrogens with zero attached hydrogens (tertiary/aromatic N) is 1. The van der Waals surface area contributed by atoms with Crippen LogP contribution in [-0.2, 0) is 11.2 Å². The number of halogens is 1. The van der Waals surface area contributed by atoms with Gasteiger partial charge in [-0.2, -0.15) is 0 Å². The summed E-state index contributed by atoms with van der Waals surface area (Å²) >= 11 is 5.20. The van der Waals surface area contributed by atoms with Crippen LogP contribution < -0.4 is 0 Å². The van der Waals surface area contributed by atoms with Gasteiger partial charge in [0.25, 0.3) is 0 Å². The van der Waals surface area contributed by atoms with Crippen LogP contribution in [-0.4, -0.2) is 36.1 Å². The van der Waals surface area contributed by atoms with Crippen molar-refractivity contribution in [1.29, 1.82) is 0 Å². The van der Waals surface area contributed by atoms with Gasteiger partial charge in [-0.05, 0) is 47.4 Å². The minimum atomic E-state index is -0.715. The van der Waals surface area contributed by atoms with Crippen LogP contribution >= 0.6 is 27.3 Å². The maximum absolute atomic E-state index is 10.6. The van der Waals surface area contributed by atoms with Gasteiger partial charge in [0.1, 0.15) is 0 Å². The molecule has 0 saturated heterocycles. The quantitative estimate of drug-likeness (QED) is 0.839. The molecule has 1 N–H and O–H groups in total. The third kappa shape index (κ3) is 6.19. The molecule has 1 unspecified atom stereocenters. The lowest BCUT2D eigenvalue weighted by Gasteiger charge is -2.19. The van der Waals surface area contributed by atoms with E-state index in [0.717, 1.165) is 23.3 Å². The molecule has 1 aromatic heterocycles. The van der Waals surface area contributed by atoms with Crippen molar-refractivity contribution in [3.8, 4) is 0 Å². The van der Waals surface area contributed by atoms with Crippen molar-refractivity contribution in [2.45, 2.75) is 19.8 Å². The summed E-state index contributed by atoms with van der Waals surface area (Å²) in [4.78, 5) is 14.1. The van der Waals surface area contributed by atoms with Gasteiger partial charge in [-0.25, -0.2) is 0 Å². The molecule has 17 heavy (non-hydrogen) atoms. The summed E-state index contributed by atoms with van der Waals surface area (Å²) < 4.78 is 1.16. The molecule has 96 valence electrons. The summed E-state index contributed by atoms with van der Waals surface area (Å²) in [5, 5.41) is 8.69. The summed E-state index contributed by atoms with van der Waals surface area (Å²) in [7, 11) is 2.04. The fraction of sp³-hybridized carbons (Fsp3) is 0.583. The molecule has 1 aromatic rings. The summed E-state index contributed by atoms with van der Waals surface area (Å²) in [6.07, 6.45) is 1.27. The molecular formula is C12H18BrNO2S. The van der Waals surface area contributed by atoms with E-state index < -0.39 is 5.97 Å². The Morgan fingerprint density at radius 3 is 2.82 bits per heavy atom. The highest BCUT2D eigenvalue weighted by atomic mass is 79.9. The predicted molar refractivity (Wildman–Crippen MR) is 74.6 cm³/mol. The van der Waals surface area contributed by atoms with E-state index in [1.165, 1.54) is 4.88 Å². The van der Waals surface area contributed by atoms with Crippen LogP contribution in [0.4, 0.5) is 0 Å². The number of hydrogen-bond acceptors (Lipinski definition) is 3. The second kappa shape index (κ2) is 7.13. The Labute approximate surface area is 115 Å². The summed E-state index contributed by atoms with van der Waals surface area (Å²) in [5.41, 5.74) is 0. The lowest BCUT2D eigenvalue weighted by atomic mass is 10.1. The van der Waals surface area contributed by atoms with E-state index >= 15 is 0 Å². The Kier molecular flexibility index (Phi) is 6.16. The molecule has 1 atom stereocenters. The molecule has 5 heteroatoms. The maximum Gasteiger partial charge on any atom is 0.303 e. The molecule has 0 bridgehead atoms. The van der Waals surface area contributed by atoms with Crippen LogP contribution in [0, 0.1) is 5.92 Å². The van der Waals surface area contributed by atoms with Crippen molar-refractivity contribution in [3.05, 3.63) is 20.8 Å². The van der Waals surface area contributed by atoms with Crippen molar-refractivity contribution in [1.82, 2.24) is 4.90 Å². The molecule has 0 saturated carbocycles. The molecule has 1 heterocycles. The fourth-order valence-electron chi connectivity index (χ4n) is 1.77. The van der Waals surface area contributed by atoms with E-state index in [2.05, 4.69) is 33.0 Å². The van der Waals surface area contributed by atoms with Crippen molar-refractivity contribution in [3.63, 3.8) is 0 Å². The largest absolute Gasteiger partial charge is 0.481 e. The summed E-state index contributed by atoms with van der Waals surface area (Å²) in [6, 6.07) is 4.19. The van der Waals surface area contributed by atoms with E-state index in [4.69, 9.17) is 5.11 Å². The Morgan fingerprint density at radius 1 is 1.59 bits per heavy atom. The monoisotopic (exact) mass is 319 g/mol. The third-order valence-electron chi connectivity index (χ3n) is 2.52. The zero-order valence-electron chi connectivity index (χ0n) is 10.1. The van der Waals surface area contributed by atoms with Gasteiger partial charge in [0, 0.05) is 24.4 Å². The van der Waals surface area contributed by atoms with Crippen molar-refractivity contribution < 1.29 is 9.90 Å². The number of carboxylic acid groups (broad SMARTS) is 1. The molecule has 0 aliphatic rings. The molecule has 0 radical (unpaired) electrons. The molecule has 0 spiro atoms. The molecule has 0 fully saturated rings. The lowest BCUT2D eigenvalue weighted by molar-refractivity contribution is -0.138. The molecule has 0 aliphatic carbocycles. The zero-order chi connectivity index (χ0) is 12.8. The predicted octanol–water partition coefficient (Wildman–Crippen LogP) is 3.10. The number of rotatable bonds is 7. The van der Waals surface area contributed by atoms with Crippen LogP contribution in [0.3, 0.4) is 0 Å². The second-order valence-corrected chi connectivity index (χ2v) is 6.97. The maximum atomic E-state index is 10.6. The van der Waals surface area contributed by atoms with Crippen LogP contribution in [0.1, 0.15) is 18.2 Å². The van der Waals surface area contributed by atoms with Gasteiger partial charge in [0.2, 0.25) is 0 Å². The minimum Gasteiger partial charge on any atom is -0.481 e. The van der Waals surface area contributed by atoms with Crippen molar-refractivity contribution in [2.75, 3.05) is 20.1 Å². The molecular weight excluding hydrogens is 302 g/mol. The average Bonchev–Trinajstić information content (AvgIpc) is 2.59. The first-order chi connectivity index (χ1) is 7.97. The van der Waals surface area contributed by atoms with Gasteiger partial charge in [-0.3, -0.25) is 4.79 Å².